The van der Waals surface area contributed by atoms with Crippen LogP contribution in [0.3, 0.4) is 0 Å². The van der Waals surface area contributed by atoms with Gasteiger partial charge in [-0.05, 0) is 61.2 Å². The zero-order chi connectivity index (χ0) is 19.7. The summed E-state index contributed by atoms with van der Waals surface area (Å²) in [5.74, 6) is 0.136. The van der Waals surface area contributed by atoms with Gasteiger partial charge in [-0.3, -0.25) is 4.79 Å². The number of halogens is 1. The van der Waals surface area contributed by atoms with E-state index in [-0.39, 0.29) is 28.2 Å². The molecule has 148 valence electrons. The van der Waals surface area contributed by atoms with E-state index in [4.69, 9.17) is 0 Å². The summed E-state index contributed by atoms with van der Waals surface area (Å²) >= 11 is 1.64. The Hall–Kier alpha value is -1.90. The molecule has 28 heavy (non-hydrogen) atoms. The molecule has 0 bridgehead atoms. The van der Waals surface area contributed by atoms with Gasteiger partial charge in [0.25, 0.3) is 5.91 Å². The lowest BCUT2D eigenvalue weighted by atomic mass is 10.0. The van der Waals surface area contributed by atoms with Crippen LogP contribution in [0.5, 0.6) is 0 Å². The van der Waals surface area contributed by atoms with Gasteiger partial charge in [0.05, 0.1) is 10.9 Å². The van der Waals surface area contributed by atoms with Crippen molar-refractivity contribution in [2.45, 2.75) is 35.1 Å². The maximum atomic E-state index is 13.7. The quantitative estimate of drug-likeness (QED) is 0.821. The first-order valence-corrected chi connectivity index (χ1v) is 11.7. The third-order valence-electron chi connectivity index (χ3n) is 5.12. The van der Waals surface area contributed by atoms with Crippen LogP contribution in [0, 0.1) is 5.82 Å². The number of carbonyl (C=O) groups excluding carboxylic acids is 1. The minimum absolute atomic E-state index is 0.132. The number of hydrogen-bond donors (Lipinski definition) is 1. The van der Waals surface area contributed by atoms with Crippen LogP contribution >= 0.6 is 11.8 Å². The Bertz CT molecular complexity index is 1000. The predicted molar refractivity (Wildman–Crippen MR) is 106 cm³/mol. The zero-order valence-corrected chi connectivity index (χ0v) is 16.9. The number of carbonyl (C=O) groups is 1. The zero-order valence-electron chi connectivity index (χ0n) is 15.2. The lowest BCUT2D eigenvalue weighted by molar-refractivity contribution is 0.0934. The number of sulfonamides is 1. The molecule has 0 spiro atoms. The molecule has 0 aliphatic carbocycles. The summed E-state index contributed by atoms with van der Waals surface area (Å²) < 4.78 is 40.6. The van der Waals surface area contributed by atoms with Gasteiger partial charge < -0.3 is 5.32 Å². The monoisotopic (exact) mass is 420 g/mol. The van der Waals surface area contributed by atoms with Crippen molar-refractivity contribution in [1.82, 2.24) is 9.62 Å². The SMILES string of the molecule is O=C(N[C@@H]1CCSc2ccc(F)cc21)c1cccc(S(=O)(=O)N2CCCC2)c1. The summed E-state index contributed by atoms with van der Waals surface area (Å²) in [5.41, 5.74) is 1.06. The van der Waals surface area contributed by atoms with Gasteiger partial charge in [-0.25, -0.2) is 12.8 Å². The van der Waals surface area contributed by atoms with Gasteiger partial charge in [0.1, 0.15) is 5.82 Å². The average Bonchev–Trinajstić information content (AvgIpc) is 3.24. The molecule has 0 aromatic heterocycles. The fourth-order valence-corrected chi connectivity index (χ4v) is 6.30. The molecule has 2 aromatic carbocycles. The summed E-state index contributed by atoms with van der Waals surface area (Å²) in [6, 6.07) is 10.4. The number of nitrogens with one attached hydrogen (secondary N) is 1. The van der Waals surface area contributed by atoms with Gasteiger partial charge in [-0.15, -0.1) is 11.8 Å². The largest absolute Gasteiger partial charge is 0.345 e. The van der Waals surface area contributed by atoms with Crippen LogP contribution in [-0.2, 0) is 10.0 Å². The Morgan fingerprint density at radius 1 is 1.14 bits per heavy atom. The molecule has 1 atom stereocenters. The lowest BCUT2D eigenvalue weighted by Crippen LogP contribution is -2.31. The number of rotatable bonds is 4. The minimum atomic E-state index is -3.58. The van der Waals surface area contributed by atoms with Crippen molar-refractivity contribution < 1.29 is 17.6 Å². The van der Waals surface area contributed by atoms with Crippen molar-refractivity contribution in [2.75, 3.05) is 18.8 Å². The first-order valence-electron chi connectivity index (χ1n) is 9.28. The van der Waals surface area contributed by atoms with Gasteiger partial charge in [0.15, 0.2) is 0 Å². The molecule has 2 aliphatic rings. The molecular weight excluding hydrogens is 399 g/mol. The topological polar surface area (TPSA) is 66.5 Å². The molecule has 1 amide bonds. The van der Waals surface area contributed by atoms with Crippen molar-refractivity contribution in [3.8, 4) is 0 Å². The number of hydrogen-bond acceptors (Lipinski definition) is 4. The van der Waals surface area contributed by atoms with E-state index in [2.05, 4.69) is 5.32 Å². The van der Waals surface area contributed by atoms with Crippen LogP contribution in [0.25, 0.3) is 0 Å². The molecule has 1 N–H and O–H groups in total. The molecule has 2 heterocycles. The summed E-state index contributed by atoms with van der Waals surface area (Å²) in [6.07, 6.45) is 2.41. The van der Waals surface area contributed by atoms with Gasteiger partial charge in [0, 0.05) is 29.3 Å². The number of benzene rings is 2. The van der Waals surface area contributed by atoms with Crippen LogP contribution in [0.15, 0.2) is 52.3 Å². The summed E-state index contributed by atoms with van der Waals surface area (Å²) in [6.45, 7) is 1.03. The molecule has 8 heteroatoms. The molecule has 2 aliphatic heterocycles. The smallest absolute Gasteiger partial charge is 0.251 e. The summed E-state index contributed by atoms with van der Waals surface area (Å²) in [5, 5.41) is 2.94. The Kier molecular flexibility index (Phi) is 5.44. The fraction of sp³-hybridized carbons (Fsp3) is 0.350. The molecule has 1 saturated heterocycles. The average molecular weight is 421 g/mol. The van der Waals surface area contributed by atoms with E-state index in [9.17, 15) is 17.6 Å². The molecular formula is C20H21FN2O3S2. The first-order chi connectivity index (χ1) is 13.4. The molecule has 2 aromatic rings. The third-order valence-corrected chi connectivity index (χ3v) is 8.13. The number of nitrogens with zero attached hydrogens (tertiary/aromatic N) is 1. The van der Waals surface area contributed by atoms with Crippen LogP contribution < -0.4 is 5.32 Å². The number of fused-ring (bicyclic) bond motifs is 1. The maximum absolute atomic E-state index is 13.7. The van der Waals surface area contributed by atoms with Gasteiger partial charge in [0.2, 0.25) is 10.0 Å². The highest BCUT2D eigenvalue weighted by Gasteiger charge is 2.28. The van der Waals surface area contributed by atoms with Crippen molar-refractivity contribution in [2.24, 2.45) is 0 Å². The highest BCUT2D eigenvalue weighted by molar-refractivity contribution is 7.99. The number of thioether (sulfide) groups is 1. The molecule has 5 nitrogen and oxygen atoms in total. The van der Waals surface area contributed by atoms with Gasteiger partial charge >= 0.3 is 0 Å². The number of amides is 1. The van der Waals surface area contributed by atoms with Crippen LogP contribution in [-0.4, -0.2) is 37.5 Å². The van der Waals surface area contributed by atoms with E-state index >= 15 is 0 Å². The summed E-state index contributed by atoms with van der Waals surface area (Å²) in [7, 11) is -3.58. The van der Waals surface area contributed by atoms with Crippen molar-refractivity contribution in [3.05, 3.63) is 59.4 Å². The second-order valence-electron chi connectivity index (χ2n) is 6.98. The Morgan fingerprint density at radius 3 is 2.71 bits per heavy atom. The van der Waals surface area contributed by atoms with Crippen molar-refractivity contribution >= 4 is 27.7 Å². The standard InChI is InChI=1S/C20H21FN2O3S2/c21-15-6-7-19-17(13-15)18(8-11-27-19)22-20(24)14-4-3-5-16(12-14)28(25,26)23-9-1-2-10-23/h3-7,12-13,18H,1-2,8-11H2,(H,22,24)/t18-/m1/s1. The second-order valence-corrected chi connectivity index (χ2v) is 10.1. The fourth-order valence-electron chi connectivity index (χ4n) is 3.63. The van der Waals surface area contributed by atoms with E-state index in [1.807, 2.05) is 0 Å². The van der Waals surface area contributed by atoms with Crippen molar-refractivity contribution in [3.63, 3.8) is 0 Å². The van der Waals surface area contributed by atoms with E-state index in [1.54, 1.807) is 30.0 Å². The Balaban J connectivity index is 1.56. The van der Waals surface area contributed by atoms with Gasteiger partial charge in [-0.1, -0.05) is 6.07 Å². The molecule has 0 unspecified atom stereocenters. The van der Waals surface area contributed by atoms with Crippen molar-refractivity contribution in [1.29, 1.82) is 0 Å². The predicted octanol–water partition coefficient (Wildman–Crippen LogP) is 3.58. The normalized spacial score (nSPS) is 20.0. The maximum Gasteiger partial charge on any atom is 0.251 e. The highest BCUT2D eigenvalue weighted by atomic mass is 32.2. The molecule has 0 radical (unpaired) electrons. The van der Waals surface area contributed by atoms with Gasteiger partial charge in [-0.2, -0.15) is 4.31 Å². The van der Waals surface area contributed by atoms with Crippen LogP contribution in [0.2, 0.25) is 0 Å². The van der Waals surface area contributed by atoms with E-state index in [0.29, 0.717) is 19.5 Å². The lowest BCUT2D eigenvalue weighted by Gasteiger charge is -2.26. The second kappa shape index (κ2) is 7.85. The Morgan fingerprint density at radius 2 is 1.93 bits per heavy atom. The minimum Gasteiger partial charge on any atom is -0.345 e. The molecule has 0 saturated carbocycles. The Labute approximate surface area is 168 Å². The third kappa shape index (κ3) is 3.81. The van der Waals surface area contributed by atoms with E-state index in [1.165, 1.54) is 28.6 Å². The van der Waals surface area contributed by atoms with E-state index in [0.717, 1.165) is 29.1 Å². The highest BCUT2D eigenvalue weighted by Crippen LogP contribution is 2.36. The van der Waals surface area contributed by atoms with Crippen LogP contribution in [0.4, 0.5) is 4.39 Å². The van der Waals surface area contributed by atoms with E-state index < -0.39 is 10.0 Å². The first kappa shape index (κ1) is 19.4. The van der Waals surface area contributed by atoms with Crippen LogP contribution in [0.1, 0.15) is 41.2 Å². The molecule has 1 fully saturated rings. The molecule has 4 rings (SSSR count). The summed E-state index contributed by atoms with van der Waals surface area (Å²) in [4.78, 5) is 13.9.